The monoisotopic (exact) mass is 252 g/mol. The fourth-order valence-electron chi connectivity index (χ4n) is 3.79. The molecule has 0 aromatic carbocycles. The van der Waals surface area contributed by atoms with E-state index in [2.05, 4.69) is 45.3 Å². The summed E-state index contributed by atoms with van der Waals surface area (Å²) in [5.74, 6) is 0.869. The van der Waals surface area contributed by atoms with E-state index in [4.69, 9.17) is 0 Å². The average Bonchev–Trinajstić information content (AvgIpc) is 2.83. The molecule has 2 aliphatic rings. The largest absolute Gasteiger partial charge is 0.316 e. The molecule has 0 saturated carbocycles. The molecule has 2 saturated heterocycles. The maximum atomic E-state index is 3.89. The van der Waals surface area contributed by atoms with Crippen molar-refractivity contribution in [3.05, 3.63) is 0 Å². The van der Waals surface area contributed by atoms with E-state index < -0.39 is 0 Å². The first-order valence-corrected chi connectivity index (χ1v) is 7.76. The van der Waals surface area contributed by atoms with Gasteiger partial charge in [0.25, 0.3) is 0 Å². The lowest BCUT2D eigenvalue weighted by Crippen LogP contribution is -2.41. The summed E-state index contributed by atoms with van der Waals surface area (Å²) in [6.07, 6.45) is 5.42. The first-order valence-electron chi connectivity index (χ1n) is 7.76. The van der Waals surface area contributed by atoms with Crippen LogP contribution >= 0.6 is 0 Å². The smallest absolute Gasteiger partial charge is 0.0119 e. The van der Waals surface area contributed by atoms with Crippen molar-refractivity contribution in [2.45, 2.75) is 72.4 Å². The van der Waals surface area contributed by atoms with Gasteiger partial charge >= 0.3 is 0 Å². The van der Waals surface area contributed by atoms with E-state index >= 15 is 0 Å². The fraction of sp³-hybridized carbons (Fsp3) is 1.00. The molecule has 0 aromatic rings. The van der Waals surface area contributed by atoms with Gasteiger partial charge in [-0.3, -0.25) is 0 Å². The van der Waals surface area contributed by atoms with Crippen LogP contribution in [0.15, 0.2) is 0 Å². The summed E-state index contributed by atoms with van der Waals surface area (Å²) in [6.45, 7) is 14.5. The Balaban J connectivity index is 1.87. The van der Waals surface area contributed by atoms with Crippen LogP contribution in [0, 0.1) is 16.7 Å². The minimum Gasteiger partial charge on any atom is -0.316 e. The highest BCUT2D eigenvalue weighted by Crippen LogP contribution is 2.39. The maximum Gasteiger partial charge on any atom is 0.0119 e. The van der Waals surface area contributed by atoms with Gasteiger partial charge in [0.15, 0.2) is 0 Å². The summed E-state index contributed by atoms with van der Waals surface area (Å²) in [6, 6.07) is 1.45. The SMILES string of the molecule is CC(C)(C)C1CCC(CC(C)(C)C2CCNC2)N1. The summed E-state index contributed by atoms with van der Waals surface area (Å²) in [5, 5.41) is 7.41. The van der Waals surface area contributed by atoms with Crippen LogP contribution < -0.4 is 10.6 Å². The molecule has 2 aliphatic heterocycles. The van der Waals surface area contributed by atoms with Crippen molar-refractivity contribution in [3.8, 4) is 0 Å². The quantitative estimate of drug-likeness (QED) is 0.806. The Morgan fingerprint density at radius 3 is 2.22 bits per heavy atom. The molecule has 3 unspecified atom stereocenters. The van der Waals surface area contributed by atoms with Crippen LogP contribution in [0.1, 0.15) is 60.3 Å². The van der Waals surface area contributed by atoms with E-state index in [9.17, 15) is 0 Å². The second-order valence-electron chi connectivity index (χ2n) is 8.24. The molecule has 2 heteroatoms. The summed E-state index contributed by atoms with van der Waals surface area (Å²) in [7, 11) is 0. The van der Waals surface area contributed by atoms with E-state index in [0.717, 1.165) is 12.0 Å². The number of hydrogen-bond donors (Lipinski definition) is 2. The average molecular weight is 252 g/mol. The number of nitrogens with one attached hydrogen (secondary N) is 2. The predicted octanol–water partition coefficient (Wildman–Crippen LogP) is 3.18. The second kappa shape index (κ2) is 5.13. The van der Waals surface area contributed by atoms with E-state index in [0.29, 0.717) is 16.9 Å². The van der Waals surface area contributed by atoms with Crippen LogP contribution in [-0.4, -0.2) is 25.2 Å². The zero-order valence-electron chi connectivity index (χ0n) is 13.0. The Morgan fingerprint density at radius 1 is 1.00 bits per heavy atom. The van der Waals surface area contributed by atoms with E-state index in [1.807, 2.05) is 0 Å². The highest BCUT2D eigenvalue weighted by atomic mass is 15.0. The van der Waals surface area contributed by atoms with Crippen molar-refractivity contribution in [2.75, 3.05) is 13.1 Å². The van der Waals surface area contributed by atoms with Gasteiger partial charge in [-0.2, -0.15) is 0 Å². The molecule has 0 aromatic heterocycles. The zero-order valence-corrected chi connectivity index (χ0v) is 13.0. The molecule has 2 heterocycles. The van der Waals surface area contributed by atoms with Gasteiger partial charge in [-0.25, -0.2) is 0 Å². The van der Waals surface area contributed by atoms with Gasteiger partial charge in [-0.1, -0.05) is 34.6 Å². The lowest BCUT2D eigenvalue weighted by Gasteiger charge is -2.35. The molecular formula is C16H32N2. The predicted molar refractivity (Wildman–Crippen MR) is 78.8 cm³/mol. The van der Waals surface area contributed by atoms with Crippen LogP contribution in [0.5, 0.6) is 0 Å². The molecule has 3 atom stereocenters. The highest BCUT2D eigenvalue weighted by molar-refractivity contribution is 4.95. The molecule has 0 amide bonds. The third-order valence-corrected chi connectivity index (χ3v) is 5.22. The van der Waals surface area contributed by atoms with Gasteiger partial charge in [0.2, 0.25) is 0 Å². The molecule has 2 N–H and O–H groups in total. The Morgan fingerprint density at radius 2 is 1.72 bits per heavy atom. The van der Waals surface area contributed by atoms with Crippen LogP contribution in [0.2, 0.25) is 0 Å². The van der Waals surface area contributed by atoms with Crippen LogP contribution in [0.25, 0.3) is 0 Å². The molecular weight excluding hydrogens is 220 g/mol. The fourth-order valence-corrected chi connectivity index (χ4v) is 3.79. The first kappa shape index (κ1) is 14.3. The van der Waals surface area contributed by atoms with Crippen LogP contribution in [0.3, 0.4) is 0 Å². The lowest BCUT2D eigenvalue weighted by molar-refractivity contribution is 0.182. The Hall–Kier alpha value is -0.0800. The molecule has 2 rings (SSSR count). The van der Waals surface area contributed by atoms with Gasteiger partial charge in [0, 0.05) is 12.1 Å². The van der Waals surface area contributed by atoms with E-state index in [1.165, 1.54) is 38.8 Å². The van der Waals surface area contributed by atoms with Gasteiger partial charge < -0.3 is 10.6 Å². The topological polar surface area (TPSA) is 24.1 Å². The summed E-state index contributed by atoms with van der Waals surface area (Å²) < 4.78 is 0. The minimum atomic E-state index is 0.411. The van der Waals surface area contributed by atoms with Crippen molar-refractivity contribution < 1.29 is 0 Å². The van der Waals surface area contributed by atoms with Gasteiger partial charge in [-0.15, -0.1) is 0 Å². The Kier molecular flexibility index (Phi) is 4.08. The molecule has 0 spiro atoms. The normalized spacial score (nSPS) is 34.2. The third-order valence-electron chi connectivity index (χ3n) is 5.22. The van der Waals surface area contributed by atoms with E-state index in [1.54, 1.807) is 0 Å². The summed E-state index contributed by atoms with van der Waals surface area (Å²) >= 11 is 0. The minimum absolute atomic E-state index is 0.411. The highest BCUT2D eigenvalue weighted by Gasteiger charge is 2.38. The number of hydrogen-bond acceptors (Lipinski definition) is 2. The maximum absolute atomic E-state index is 3.89. The molecule has 2 fully saturated rings. The zero-order chi connectivity index (χ0) is 13.4. The number of rotatable bonds is 3. The van der Waals surface area contributed by atoms with Crippen LogP contribution in [-0.2, 0) is 0 Å². The van der Waals surface area contributed by atoms with Crippen molar-refractivity contribution in [2.24, 2.45) is 16.7 Å². The molecule has 18 heavy (non-hydrogen) atoms. The van der Waals surface area contributed by atoms with E-state index in [-0.39, 0.29) is 0 Å². The van der Waals surface area contributed by atoms with Crippen molar-refractivity contribution in [1.29, 1.82) is 0 Å². The Bertz CT molecular complexity index is 271. The third kappa shape index (κ3) is 3.27. The first-order chi connectivity index (χ1) is 8.29. The van der Waals surface area contributed by atoms with Gasteiger partial charge in [0.05, 0.1) is 0 Å². The van der Waals surface area contributed by atoms with Gasteiger partial charge in [-0.05, 0) is 55.5 Å². The standard InChI is InChI=1S/C16H32N2/c1-15(2,3)14-7-6-13(18-14)10-16(4,5)12-8-9-17-11-12/h12-14,17-18H,6-11H2,1-5H3. The lowest BCUT2D eigenvalue weighted by atomic mass is 9.73. The molecule has 2 nitrogen and oxygen atoms in total. The van der Waals surface area contributed by atoms with Gasteiger partial charge in [0.1, 0.15) is 0 Å². The molecule has 0 bridgehead atoms. The molecule has 0 radical (unpaired) electrons. The Labute approximate surface area is 113 Å². The van der Waals surface area contributed by atoms with Crippen molar-refractivity contribution >= 4 is 0 Å². The summed E-state index contributed by atoms with van der Waals surface area (Å²) in [4.78, 5) is 0. The second-order valence-corrected chi connectivity index (χ2v) is 8.24. The van der Waals surface area contributed by atoms with Crippen LogP contribution in [0.4, 0.5) is 0 Å². The summed E-state index contributed by atoms with van der Waals surface area (Å²) in [5.41, 5.74) is 0.891. The van der Waals surface area contributed by atoms with Crippen molar-refractivity contribution in [1.82, 2.24) is 10.6 Å². The molecule has 106 valence electrons. The molecule has 0 aliphatic carbocycles. The van der Waals surface area contributed by atoms with Crippen molar-refractivity contribution in [3.63, 3.8) is 0 Å².